The Kier molecular flexibility index (Phi) is 3.87. The molecule has 0 aliphatic rings. The third-order valence-corrected chi connectivity index (χ3v) is 3.10. The predicted molar refractivity (Wildman–Crippen MR) is 73.0 cm³/mol. The number of carbonyl (C=O) groups is 1. The van der Waals surface area contributed by atoms with Crippen LogP contribution in [-0.4, -0.2) is 10.9 Å². The van der Waals surface area contributed by atoms with E-state index in [0.717, 1.165) is 6.20 Å². The third kappa shape index (κ3) is 3.13. The number of aromatic nitrogens is 1. The molecule has 7 heteroatoms. The number of nitrogens with one attached hydrogen (secondary N) is 1. The Hall–Kier alpha value is -1.85. The fourth-order valence-electron chi connectivity index (χ4n) is 1.38. The van der Waals surface area contributed by atoms with Gasteiger partial charge < -0.3 is 11.1 Å². The molecule has 0 spiro atoms. The summed E-state index contributed by atoms with van der Waals surface area (Å²) in [5.74, 6) is -0.739. The molecule has 4 nitrogen and oxygen atoms in total. The summed E-state index contributed by atoms with van der Waals surface area (Å²) in [5, 5.41) is 2.86. The first-order chi connectivity index (χ1) is 8.97. The number of pyridine rings is 1. The molecule has 3 N–H and O–H groups in total. The summed E-state index contributed by atoms with van der Waals surface area (Å²) < 4.78 is 12.7. The van der Waals surface area contributed by atoms with Gasteiger partial charge in [0.15, 0.2) is 0 Å². The minimum absolute atomic E-state index is 0.180. The monoisotopic (exact) mass is 299 g/mol. The van der Waals surface area contributed by atoms with Crippen molar-refractivity contribution >= 4 is 40.6 Å². The van der Waals surface area contributed by atoms with Gasteiger partial charge in [-0.05, 0) is 24.3 Å². The zero-order valence-electron chi connectivity index (χ0n) is 9.45. The lowest BCUT2D eigenvalue weighted by Crippen LogP contribution is -2.13. The second-order valence-corrected chi connectivity index (χ2v) is 4.46. The molecule has 1 aromatic heterocycles. The number of anilines is 2. The van der Waals surface area contributed by atoms with E-state index < -0.39 is 11.7 Å². The van der Waals surface area contributed by atoms with Crippen molar-refractivity contribution < 1.29 is 9.18 Å². The molecule has 0 bridgehead atoms. The quantitative estimate of drug-likeness (QED) is 0.836. The zero-order chi connectivity index (χ0) is 14.0. The van der Waals surface area contributed by atoms with E-state index in [-0.39, 0.29) is 27.1 Å². The van der Waals surface area contributed by atoms with E-state index in [2.05, 4.69) is 10.3 Å². The van der Waals surface area contributed by atoms with Gasteiger partial charge in [0.1, 0.15) is 11.6 Å². The lowest BCUT2D eigenvalue weighted by Gasteiger charge is -2.07. The number of halogens is 3. The van der Waals surface area contributed by atoms with Gasteiger partial charge in [-0.15, -0.1) is 0 Å². The lowest BCUT2D eigenvalue weighted by atomic mass is 10.2. The van der Waals surface area contributed by atoms with Crippen LogP contribution in [0.4, 0.5) is 15.9 Å². The van der Waals surface area contributed by atoms with E-state index in [9.17, 15) is 9.18 Å². The van der Waals surface area contributed by atoms with Gasteiger partial charge in [0.2, 0.25) is 0 Å². The summed E-state index contributed by atoms with van der Waals surface area (Å²) >= 11 is 11.6. The van der Waals surface area contributed by atoms with Crippen LogP contribution in [0.2, 0.25) is 10.0 Å². The van der Waals surface area contributed by atoms with Crippen LogP contribution in [-0.2, 0) is 0 Å². The molecule has 0 fully saturated rings. The van der Waals surface area contributed by atoms with Crippen LogP contribution in [0.15, 0.2) is 30.5 Å². The van der Waals surface area contributed by atoms with Crippen LogP contribution in [0.1, 0.15) is 10.4 Å². The summed E-state index contributed by atoms with van der Waals surface area (Å²) in [6.07, 6.45) is 0.999. The maximum absolute atomic E-state index is 12.7. The molecule has 0 aliphatic carbocycles. The van der Waals surface area contributed by atoms with E-state index >= 15 is 0 Å². The molecule has 98 valence electrons. The molecule has 0 aliphatic heterocycles. The Labute approximate surface area is 118 Å². The molecule has 0 unspecified atom stereocenters. The maximum Gasteiger partial charge on any atom is 0.256 e. The standard InChI is InChI=1S/C12H8Cl2FN3O/c13-8-3-6(4-9(16)11(8)14)12(19)18-10-2-1-7(15)5-17-10/h1-5H,16H2,(H,17,18,19). The smallest absolute Gasteiger partial charge is 0.256 e. The van der Waals surface area contributed by atoms with E-state index in [1.54, 1.807) is 0 Å². The molecule has 2 aromatic rings. The minimum Gasteiger partial charge on any atom is -0.397 e. The molecule has 0 saturated carbocycles. The number of nitrogens with zero attached hydrogens (tertiary/aromatic N) is 1. The molecule has 0 radical (unpaired) electrons. The summed E-state index contributed by atoms with van der Waals surface area (Å²) in [7, 11) is 0. The maximum atomic E-state index is 12.7. The average molecular weight is 300 g/mol. The van der Waals surface area contributed by atoms with Crippen LogP contribution in [0.3, 0.4) is 0 Å². The predicted octanol–water partition coefficient (Wildman–Crippen LogP) is 3.36. The van der Waals surface area contributed by atoms with Crippen molar-refractivity contribution in [3.63, 3.8) is 0 Å². The third-order valence-electron chi connectivity index (χ3n) is 2.29. The average Bonchev–Trinajstić information content (AvgIpc) is 2.38. The molecule has 0 atom stereocenters. The van der Waals surface area contributed by atoms with Crippen molar-refractivity contribution in [1.29, 1.82) is 0 Å². The molecule has 2 rings (SSSR count). The highest BCUT2D eigenvalue weighted by Gasteiger charge is 2.12. The number of nitrogens with two attached hydrogens (primary N) is 1. The largest absolute Gasteiger partial charge is 0.397 e. The molecular formula is C12H8Cl2FN3O. The van der Waals surface area contributed by atoms with Gasteiger partial charge in [-0.1, -0.05) is 23.2 Å². The van der Waals surface area contributed by atoms with Gasteiger partial charge in [0.05, 0.1) is 21.9 Å². The van der Waals surface area contributed by atoms with Gasteiger partial charge in [0.25, 0.3) is 5.91 Å². The highest BCUT2D eigenvalue weighted by Crippen LogP contribution is 2.29. The zero-order valence-corrected chi connectivity index (χ0v) is 11.0. The number of hydrogen-bond acceptors (Lipinski definition) is 3. The van der Waals surface area contributed by atoms with Crippen molar-refractivity contribution in [2.45, 2.75) is 0 Å². The summed E-state index contributed by atoms with van der Waals surface area (Å²) in [6.45, 7) is 0. The van der Waals surface area contributed by atoms with Crippen molar-refractivity contribution in [1.82, 2.24) is 4.98 Å². The van der Waals surface area contributed by atoms with Gasteiger partial charge in [0, 0.05) is 5.56 Å². The molecule has 19 heavy (non-hydrogen) atoms. The van der Waals surface area contributed by atoms with E-state index in [1.165, 1.54) is 24.3 Å². The minimum atomic E-state index is -0.489. The Balaban J connectivity index is 2.23. The fourth-order valence-corrected chi connectivity index (χ4v) is 1.72. The topological polar surface area (TPSA) is 68.0 Å². The van der Waals surface area contributed by atoms with E-state index in [1.807, 2.05) is 0 Å². The number of hydrogen-bond donors (Lipinski definition) is 2. The van der Waals surface area contributed by atoms with Crippen molar-refractivity contribution in [3.05, 3.63) is 51.9 Å². The van der Waals surface area contributed by atoms with Crippen LogP contribution in [0, 0.1) is 5.82 Å². The van der Waals surface area contributed by atoms with Gasteiger partial charge in [-0.3, -0.25) is 4.79 Å². The summed E-state index contributed by atoms with van der Waals surface area (Å²) in [5.41, 5.74) is 6.05. The normalized spacial score (nSPS) is 10.3. The fraction of sp³-hybridized carbons (Fsp3) is 0. The first kappa shape index (κ1) is 13.6. The number of amides is 1. The number of benzene rings is 1. The van der Waals surface area contributed by atoms with Gasteiger partial charge in [-0.2, -0.15) is 0 Å². The molecule has 1 aromatic carbocycles. The number of nitrogen functional groups attached to an aromatic ring is 1. The van der Waals surface area contributed by atoms with Crippen LogP contribution >= 0.6 is 23.2 Å². The molecule has 0 saturated heterocycles. The Morgan fingerprint density at radius 1 is 1.32 bits per heavy atom. The first-order valence-corrected chi connectivity index (χ1v) is 5.90. The highest BCUT2D eigenvalue weighted by molar-refractivity contribution is 6.44. The molecular weight excluding hydrogens is 292 g/mol. The number of carbonyl (C=O) groups excluding carboxylic acids is 1. The van der Waals surface area contributed by atoms with Gasteiger partial charge in [-0.25, -0.2) is 9.37 Å². The van der Waals surface area contributed by atoms with E-state index in [4.69, 9.17) is 28.9 Å². The highest BCUT2D eigenvalue weighted by atomic mass is 35.5. The molecule has 1 heterocycles. The van der Waals surface area contributed by atoms with E-state index in [0.29, 0.717) is 0 Å². The Morgan fingerprint density at radius 2 is 2.05 bits per heavy atom. The molecule has 1 amide bonds. The SMILES string of the molecule is Nc1cc(C(=O)Nc2ccc(F)cn2)cc(Cl)c1Cl. The van der Waals surface area contributed by atoms with Crippen LogP contribution in [0.25, 0.3) is 0 Å². The van der Waals surface area contributed by atoms with Crippen LogP contribution in [0.5, 0.6) is 0 Å². The Bertz CT molecular complexity index is 608. The second kappa shape index (κ2) is 5.42. The van der Waals surface area contributed by atoms with Crippen molar-refractivity contribution in [2.75, 3.05) is 11.1 Å². The number of rotatable bonds is 2. The second-order valence-electron chi connectivity index (χ2n) is 3.68. The summed E-state index contributed by atoms with van der Waals surface area (Å²) in [4.78, 5) is 15.6. The lowest BCUT2D eigenvalue weighted by molar-refractivity contribution is 0.102. The van der Waals surface area contributed by atoms with Gasteiger partial charge >= 0.3 is 0 Å². The Morgan fingerprint density at radius 3 is 2.63 bits per heavy atom. The van der Waals surface area contributed by atoms with Crippen molar-refractivity contribution in [3.8, 4) is 0 Å². The van der Waals surface area contributed by atoms with Crippen LogP contribution < -0.4 is 11.1 Å². The first-order valence-electron chi connectivity index (χ1n) is 5.15. The summed E-state index contributed by atoms with van der Waals surface area (Å²) in [6, 6.07) is 5.31. The van der Waals surface area contributed by atoms with Crippen molar-refractivity contribution in [2.24, 2.45) is 0 Å².